The van der Waals surface area contributed by atoms with Crippen molar-refractivity contribution in [2.45, 2.75) is 26.7 Å². The Labute approximate surface area is 158 Å². The Morgan fingerprint density at radius 3 is 2.23 bits per heavy atom. The van der Waals surface area contributed by atoms with Crippen molar-refractivity contribution in [3.8, 4) is 0 Å². The predicted octanol–water partition coefficient (Wildman–Crippen LogP) is 6.12. The molecule has 0 radical (unpaired) electrons. The minimum Gasteiger partial charge on any atom is -0.497 e. The Morgan fingerprint density at radius 2 is 1.77 bits per heavy atom. The van der Waals surface area contributed by atoms with Crippen LogP contribution in [-0.2, 0) is 4.74 Å². The Hall–Kier alpha value is -2.39. The van der Waals surface area contributed by atoms with Crippen molar-refractivity contribution in [2.24, 2.45) is 0 Å². The van der Waals surface area contributed by atoms with Crippen molar-refractivity contribution < 1.29 is 9.13 Å². The van der Waals surface area contributed by atoms with Gasteiger partial charge in [0.1, 0.15) is 11.6 Å². The molecular formula is C23H32FNO. The minimum absolute atomic E-state index is 0.385. The molecule has 0 atom stereocenters. The van der Waals surface area contributed by atoms with Gasteiger partial charge in [0.05, 0.1) is 7.11 Å². The quantitative estimate of drug-likeness (QED) is 0.417. The molecule has 0 spiro atoms. The molecule has 0 aromatic heterocycles. The van der Waals surface area contributed by atoms with Crippen LogP contribution in [0.2, 0.25) is 0 Å². The summed E-state index contributed by atoms with van der Waals surface area (Å²) in [5.74, 6) is 0.113. The van der Waals surface area contributed by atoms with Crippen molar-refractivity contribution in [3.05, 3.63) is 96.1 Å². The molecule has 1 aliphatic carbocycles. The van der Waals surface area contributed by atoms with Crippen molar-refractivity contribution in [3.63, 3.8) is 0 Å². The van der Waals surface area contributed by atoms with Crippen LogP contribution in [0.5, 0.6) is 0 Å². The predicted molar refractivity (Wildman–Crippen MR) is 113 cm³/mol. The first kappa shape index (κ1) is 23.6. The summed E-state index contributed by atoms with van der Waals surface area (Å²) >= 11 is 0. The summed E-state index contributed by atoms with van der Waals surface area (Å²) in [6, 6.07) is 0. The van der Waals surface area contributed by atoms with Crippen molar-refractivity contribution in [1.82, 2.24) is 5.32 Å². The molecule has 1 aliphatic rings. The summed E-state index contributed by atoms with van der Waals surface area (Å²) in [6.07, 6.45) is 10.4. The molecule has 0 heterocycles. The van der Waals surface area contributed by atoms with Gasteiger partial charge in [0.15, 0.2) is 0 Å². The van der Waals surface area contributed by atoms with Gasteiger partial charge in [-0.05, 0) is 62.2 Å². The first-order valence-electron chi connectivity index (χ1n) is 8.63. The summed E-state index contributed by atoms with van der Waals surface area (Å²) in [5, 5.41) is 2.93. The number of ether oxygens (including phenoxy) is 1. The molecule has 0 fully saturated rings. The highest BCUT2D eigenvalue weighted by molar-refractivity contribution is 5.51. The molecule has 0 amide bonds. The monoisotopic (exact) mass is 357 g/mol. The zero-order chi connectivity index (χ0) is 20.1. The standard InChI is InChI=1S/C20H23FO.C3H9N/c1-14-7-11-19(12-8-14)18(5)20(21)13-16(3)15(2)9-10-17(4)22-6;1-3-4-2/h7,9-11,13H,2-5,8,12H2,1,6H3;4H,3H2,1-2H3/b10-9-,20-13+;. The molecule has 0 saturated carbocycles. The van der Waals surface area contributed by atoms with Crippen molar-refractivity contribution in [2.75, 3.05) is 20.7 Å². The number of halogens is 1. The maximum atomic E-state index is 14.3. The Balaban J connectivity index is 0.00000141. The van der Waals surface area contributed by atoms with E-state index in [-0.39, 0.29) is 5.83 Å². The molecule has 26 heavy (non-hydrogen) atoms. The lowest BCUT2D eigenvalue weighted by molar-refractivity contribution is 0.309. The average molecular weight is 358 g/mol. The van der Waals surface area contributed by atoms with Gasteiger partial charge < -0.3 is 10.1 Å². The molecular weight excluding hydrogens is 325 g/mol. The van der Waals surface area contributed by atoms with Crippen LogP contribution in [0.3, 0.4) is 0 Å². The van der Waals surface area contributed by atoms with E-state index >= 15 is 0 Å². The van der Waals surface area contributed by atoms with Gasteiger partial charge in [0.2, 0.25) is 0 Å². The third-order valence-corrected chi connectivity index (χ3v) is 3.83. The van der Waals surface area contributed by atoms with Crippen LogP contribution in [0.15, 0.2) is 96.1 Å². The van der Waals surface area contributed by atoms with Crippen LogP contribution in [0.1, 0.15) is 26.7 Å². The number of rotatable bonds is 8. The van der Waals surface area contributed by atoms with Crippen LogP contribution in [0, 0.1) is 0 Å². The third-order valence-electron chi connectivity index (χ3n) is 3.83. The second kappa shape index (κ2) is 12.9. The fourth-order valence-corrected chi connectivity index (χ4v) is 1.85. The number of hydrogen-bond donors (Lipinski definition) is 1. The SMILES string of the molecule is C=C(/C=C\C(=C)C(=C)/C=C(/F)C(=C)C1=CC=C(C)CC1)OC.CCNC. The maximum absolute atomic E-state index is 14.3. The number of methoxy groups -OCH3 is 1. The van der Waals surface area contributed by atoms with Crippen molar-refractivity contribution >= 4 is 0 Å². The molecule has 142 valence electrons. The lowest BCUT2D eigenvalue weighted by atomic mass is 9.93. The maximum Gasteiger partial charge on any atom is 0.130 e. The lowest BCUT2D eigenvalue weighted by Crippen LogP contribution is -2.01. The first-order chi connectivity index (χ1) is 12.3. The summed E-state index contributed by atoms with van der Waals surface area (Å²) < 4.78 is 19.2. The smallest absolute Gasteiger partial charge is 0.130 e. The van der Waals surface area contributed by atoms with Crippen LogP contribution >= 0.6 is 0 Å². The van der Waals surface area contributed by atoms with E-state index in [1.54, 1.807) is 12.2 Å². The molecule has 3 heteroatoms. The van der Waals surface area contributed by atoms with Gasteiger partial charge in [-0.1, -0.05) is 57.0 Å². The second-order valence-corrected chi connectivity index (χ2v) is 5.94. The van der Waals surface area contributed by atoms with Crippen LogP contribution in [-0.4, -0.2) is 20.7 Å². The molecule has 0 aliphatic heterocycles. The van der Waals surface area contributed by atoms with Gasteiger partial charge in [-0.3, -0.25) is 0 Å². The van der Waals surface area contributed by atoms with Gasteiger partial charge in [-0.25, -0.2) is 4.39 Å². The van der Waals surface area contributed by atoms with Crippen LogP contribution < -0.4 is 5.32 Å². The largest absolute Gasteiger partial charge is 0.497 e. The van der Waals surface area contributed by atoms with Crippen molar-refractivity contribution in [1.29, 1.82) is 0 Å². The van der Waals surface area contributed by atoms with Gasteiger partial charge in [0, 0.05) is 5.57 Å². The minimum atomic E-state index is -0.385. The number of allylic oxidation sites excluding steroid dienone is 11. The number of nitrogens with one attached hydrogen (secondary N) is 1. The molecule has 0 aromatic carbocycles. The molecule has 0 unspecified atom stereocenters. The highest BCUT2D eigenvalue weighted by Crippen LogP contribution is 2.29. The van der Waals surface area contributed by atoms with E-state index in [0.29, 0.717) is 22.5 Å². The summed E-state index contributed by atoms with van der Waals surface area (Å²) in [5.41, 5.74) is 3.70. The average Bonchev–Trinajstić information content (AvgIpc) is 2.65. The van der Waals surface area contributed by atoms with E-state index in [1.807, 2.05) is 19.2 Å². The van der Waals surface area contributed by atoms with Gasteiger partial charge in [0.25, 0.3) is 0 Å². The fourth-order valence-electron chi connectivity index (χ4n) is 1.85. The molecule has 0 saturated heterocycles. The number of hydrogen-bond acceptors (Lipinski definition) is 2. The Bertz CT molecular complexity index is 658. The van der Waals surface area contributed by atoms with Crippen LogP contribution in [0.25, 0.3) is 0 Å². The molecule has 0 bridgehead atoms. The van der Waals surface area contributed by atoms with E-state index in [4.69, 9.17) is 4.74 Å². The molecule has 0 aromatic rings. The molecule has 2 nitrogen and oxygen atoms in total. The zero-order valence-electron chi connectivity index (χ0n) is 16.6. The zero-order valence-corrected chi connectivity index (χ0v) is 16.6. The van der Waals surface area contributed by atoms with Gasteiger partial charge >= 0.3 is 0 Å². The van der Waals surface area contributed by atoms with E-state index in [2.05, 4.69) is 45.5 Å². The fraction of sp³-hybridized carbons (Fsp3) is 0.304. The van der Waals surface area contributed by atoms with E-state index in [1.165, 1.54) is 18.8 Å². The topological polar surface area (TPSA) is 21.3 Å². The Kier molecular flexibility index (Phi) is 11.7. The van der Waals surface area contributed by atoms with E-state index < -0.39 is 0 Å². The van der Waals surface area contributed by atoms with Crippen LogP contribution in [0.4, 0.5) is 4.39 Å². The molecule has 1 rings (SSSR count). The summed E-state index contributed by atoms with van der Waals surface area (Å²) in [4.78, 5) is 0. The third kappa shape index (κ3) is 9.19. The van der Waals surface area contributed by atoms with E-state index in [0.717, 1.165) is 25.0 Å². The first-order valence-corrected chi connectivity index (χ1v) is 8.63. The van der Waals surface area contributed by atoms with Gasteiger partial charge in [-0.2, -0.15) is 0 Å². The van der Waals surface area contributed by atoms with Gasteiger partial charge in [-0.15, -0.1) is 0 Å². The highest BCUT2D eigenvalue weighted by Gasteiger charge is 2.11. The summed E-state index contributed by atoms with van der Waals surface area (Å²) in [7, 11) is 3.46. The van der Waals surface area contributed by atoms with E-state index in [9.17, 15) is 4.39 Å². The lowest BCUT2D eigenvalue weighted by Gasteiger charge is -2.13. The highest BCUT2D eigenvalue weighted by atomic mass is 19.1. The molecule has 1 N–H and O–H groups in total. The Morgan fingerprint density at radius 1 is 1.15 bits per heavy atom. The second-order valence-electron chi connectivity index (χ2n) is 5.94. The normalized spacial score (nSPS) is 14.0. The summed E-state index contributed by atoms with van der Waals surface area (Å²) in [6.45, 7) is 20.4.